The zero-order valence-electron chi connectivity index (χ0n) is 9.87. The van der Waals surface area contributed by atoms with Crippen molar-refractivity contribution >= 4 is 23.2 Å². The predicted molar refractivity (Wildman–Crippen MR) is 72.1 cm³/mol. The van der Waals surface area contributed by atoms with Crippen LogP contribution in [-0.2, 0) is 13.2 Å². The Labute approximate surface area is 115 Å². The minimum absolute atomic E-state index is 0.383. The maximum atomic E-state index is 5.91. The summed E-state index contributed by atoms with van der Waals surface area (Å²) in [6, 6.07) is 7.05. The molecule has 96 valence electrons. The Morgan fingerprint density at radius 1 is 1.22 bits per heavy atom. The van der Waals surface area contributed by atoms with Gasteiger partial charge in [0.1, 0.15) is 23.9 Å². The lowest BCUT2D eigenvalue weighted by Gasteiger charge is -2.06. The van der Waals surface area contributed by atoms with Crippen LogP contribution in [0.4, 0.5) is 0 Å². The molecule has 0 unspecified atom stereocenters. The Bertz CT molecular complexity index is 552. The average molecular weight is 286 g/mol. The van der Waals surface area contributed by atoms with Gasteiger partial charge in [0, 0.05) is 11.6 Å². The van der Waals surface area contributed by atoms with Crippen LogP contribution in [0.2, 0.25) is 10.0 Å². The van der Waals surface area contributed by atoms with Crippen molar-refractivity contribution in [1.82, 2.24) is 0 Å². The second kappa shape index (κ2) is 5.65. The summed E-state index contributed by atoms with van der Waals surface area (Å²) in [6.45, 7) is 2.67. The summed E-state index contributed by atoms with van der Waals surface area (Å²) in [5.74, 6) is 2.23. The molecule has 1 aromatic carbocycles. The lowest BCUT2D eigenvalue weighted by molar-refractivity contribution is 0.303. The summed E-state index contributed by atoms with van der Waals surface area (Å²) >= 11 is 11.7. The second-order valence-electron chi connectivity index (χ2n) is 3.86. The van der Waals surface area contributed by atoms with E-state index in [0.29, 0.717) is 28.9 Å². The molecule has 0 amide bonds. The monoisotopic (exact) mass is 285 g/mol. The maximum absolute atomic E-state index is 5.91. The molecule has 0 spiro atoms. The van der Waals surface area contributed by atoms with Gasteiger partial charge in [0.2, 0.25) is 0 Å². The van der Waals surface area contributed by atoms with Crippen LogP contribution in [-0.4, -0.2) is 0 Å². The van der Waals surface area contributed by atoms with Crippen molar-refractivity contribution in [3.8, 4) is 5.75 Å². The van der Waals surface area contributed by atoms with E-state index in [1.54, 1.807) is 18.2 Å². The van der Waals surface area contributed by atoms with Crippen molar-refractivity contribution in [2.75, 3.05) is 0 Å². The van der Waals surface area contributed by atoms with E-state index in [4.69, 9.17) is 38.1 Å². The Kier molecular flexibility index (Phi) is 4.17. The lowest BCUT2D eigenvalue weighted by Crippen LogP contribution is -1.96. The first-order valence-electron chi connectivity index (χ1n) is 5.46. The summed E-state index contributed by atoms with van der Waals surface area (Å²) in [7, 11) is 0. The van der Waals surface area contributed by atoms with Gasteiger partial charge in [-0.3, -0.25) is 0 Å². The summed E-state index contributed by atoms with van der Waals surface area (Å²) in [6.07, 6.45) is 0. The van der Waals surface area contributed by atoms with Crippen molar-refractivity contribution in [3.05, 3.63) is 51.4 Å². The predicted octanol–water partition coefficient (Wildman–Crippen LogP) is 3.93. The quantitative estimate of drug-likeness (QED) is 0.926. The fourth-order valence-corrected chi connectivity index (χ4v) is 1.85. The number of hydrogen-bond donors (Lipinski definition) is 1. The van der Waals surface area contributed by atoms with Gasteiger partial charge in [0.25, 0.3) is 0 Å². The van der Waals surface area contributed by atoms with Crippen molar-refractivity contribution < 1.29 is 9.15 Å². The molecule has 0 fully saturated rings. The van der Waals surface area contributed by atoms with Gasteiger partial charge in [-0.15, -0.1) is 0 Å². The molecule has 0 radical (unpaired) electrons. The third-order valence-corrected chi connectivity index (χ3v) is 3.30. The van der Waals surface area contributed by atoms with E-state index in [1.165, 1.54) is 0 Å². The minimum atomic E-state index is 0.383. The number of ether oxygens (including phenoxy) is 1. The smallest absolute Gasteiger partial charge is 0.121 e. The van der Waals surface area contributed by atoms with E-state index in [1.807, 2.05) is 13.0 Å². The molecule has 0 aliphatic carbocycles. The molecular formula is C13H13Cl2NO2. The van der Waals surface area contributed by atoms with E-state index in [2.05, 4.69) is 0 Å². The number of nitrogens with two attached hydrogens (primary N) is 1. The number of hydrogen-bond acceptors (Lipinski definition) is 3. The van der Waals surface area contributed by atoms with Gasteiger partial charge < -0.3 is 14.9 Å². The van der Waals surface area contributed by atoms with Gasteiger partial charge in [-0.25, -0.2) is 0 Å². The highest BCUT2D eigenvalue weighted by Gasteiger charge is 2.07. The van der Waals surface area contributed by atoms with E-state index in [-0.39, 0.29) is 0 Å². The van der Waals surface area contributed by atoms with Crippen molar-refractivity contribution in [2.24, 2.45) is 5.73 Å². The zero-order valence-corrected chi connectivity index (χ0v) is 11.4. The van der Waals surface area contributed by atoms with Crippen LogP contribution < -0.4 is 10.5 Å². The molecule has 0 aliphatic rings. The average Bonchev–Trinajstić information content (AvgIpc) is 2.72. The third kappa shape index (κ3) is 2.99. The fraction of sp³-hybridized carbons (Fsp3) is 0.231. The molecule has 0 aliphatic heterocycles. The Balaban J connectivity index is 2.06. The van der Waals surface area contributed by atoms with Gasteiger partial charge >= 0.3 is 0 Å². The molecule has 2 N–H and O–H groups in total. The molecule has 3 nitrogen and oxygen atoms in total. The van der Waals surface area contributed by atoms with Crippen molar-refractivity contribution in [3.63, 3.8) is 0 Å². The van der Waals surface area contributed by atoms with Crippen LogP contribution in [0.1, 0.15) is 17.1 Å². The minimum Gasteiger partial charge on any atom is -0.489 e. The van der Waals surface area contributed by atoms with Crippen LogP contribution in [0.3, 0.4) is 0 Å². The van der Waals surface area contributed by atoms with Crippen LogP contribution in [0.25, 0.3) is 0 Å². The zero-order chi connectivity index (χ0) is 13.1. The third-order valence-electron chi connectivity index (χ3n) is 2.56. The van der Waals surface area contributed by atoms with Gasteiger partial charge in [0.05, 0.1) is 16.6 Å². The first-order valence-corrected chi connectivity index (χ1v) is 6.22. The molecule has 0 saturated carbocycles. The molecule has 2 rings (SSSR count). The number of aryl methyl sites for hydroxylation is 1. The molecule has 0 saturated heterocycles. The fourth-order valence-electron chi connectivity index (χ4n) is 1.56. The topological polar surface area (TPSA) is 48.4 Å². The summed E-state index contributed by atoms with van der Waals surface area (Å²) < 4.78 is 11.1. The van der Waals surface area contributed by atoms with E-state index in [9.17, 15) is 0 Å². The van der Waals surface area contributed by atoms with Gasteiger partial charge in [-0.1, -0.05) is 23.2 Å². The van der Waals surface area contributed by atoms with Gasteiger partial charge in [-0.2, -0.15) is 0 Å². The van der Waals surface area contributed by atoms with Crippen LogP contribution in [0, 0.1) is 6.92 Å². The first kappa shape index (κ1) is 13.3. The number of halogens is 2. The van der Waals surface area contributed by atoms with Crippen LogP contribution in [0.5, 0.6) is 5.75 Å². The number of rotatable bonds is 4. The van der Waals surface area contributed by atoms with Gasteiger partial charge in [-0.05, 0) is 25.1 Å². The first-order chi connectivity index (χ1) is 8.60. The highest BCUT2D eigenvalue weighted by Crippen LogP contribution is 2.27. The molecule has 18 heavy (non-hydrogen) atoms. The Hall–Kier alpha value is -1.16. The lowest BCUT2D eigenvalue weighted by atomic mass is 10.2. The molecule has 0 bridgehead atoms. The van der Waals surface area contributed by atoms with E-state index >= 15 is 0 Å². The summed E-state index contributed by atoms with van der Waals surface area (Å²) in [5, 5.41) is 0.981. The Morgan fingerprint density at radius 2 is 2.00 bits per heavy atom. The maximum Gasteiger partial charge on any atom is 0.121 e. The normalized spacial score (nSPS) is 10.7. The summed E-state index contributed by atoms with van der Waals surface area (Å²) in [5.41, 5.74) is 6.48. The molecule has 2 aromatic rings. The van der Waals surface area contributed by atoms with Gasteiger partial charge in [0.15, 0.2) is 0 Å². The number of furan rings is 1. The number of benzene rings is 1. The van der Waals surface area contributed by atoms with Crippen molar-refractivity contribution in [2.45, 2.75) is 20.1 Å². The molecule has 0 atom stereocenters. The Morgan fingerprint density at radius 3 is 2.61 bits per heavy atom. The second-order valence-corrected chi connectivity index (χ2v) is 4.68. The highest BCUT2D eigenvalue weighted by molar-refractivity contribution is 6.42. The molecular weight excluding hydrogens is 273 g/mol. The van der Waals surface area contributed by atoms with E-state index in [0.717, 1.165) is 17.1 Å². The molecule has 1 heterocycles. The van der Waals surface area contributed by atoms with Crippen molar-refractivity contribution in [1.29, 1.82) is 0 Å². The standard InChI is InChI=1S/C13H13Cl2NO2/c1-8-9(4-11(6-16)18-8)7-17-10-2-3-12(14)13(15)5-10/h2-5H,6-7,16H2,1H3. The highest BCUT2D eigenvalue weighted by atomic mass is 35.5. The van der Waals surface area contributed by atoms with Crippen LogP contribution in [0.15, 0.2) is 28.7 Å². The van der Waals surface area contributed by atoms with E-state index < -0.39 is 0 Å². The molecule has 1 aromatic heterocycles. The van der Waals surface area contributed by atoms with Crippen LogP contribution >= 0.6 is 23.2 Å². The SMILES string of the molecule is Cc1oc(CN)cc1COc1ccc(Cl)c(Cl)c1. The summed E-state index contributed by atoms with van der Waals surface area (Å²) in [4.78, 5) is 0. The largest absolute Gasteiger partial charge is 0.489 e. The molecule has 5 heteroatoms.